The molecule has 1 aliphatic heterocycles. The van der Waals surface area contributed by atoms with Gasteiger partial charge in [-0.3, -0.25) is 0 Å². The van der Waals surface area contributed by atoms with Crippen LogP contribution in [0.2, 0.25) is 0 Å². The first-order chi connectivity index (χ1) is 15.6. The van der Waals surface area contributed by atoms with Crippen LogP contribution < -0.4 is 10.1 Å². The Balaban J connectivity index is 1.32. The normalized spacial score (nSPS) is 15.0. The van der Waals surface area contributed by atoms with Crippen LogP contribution in [0.1, 0.15) is 42.5 Å². The Hall–Kier alpha value is -3.06. The van der Waals surface area contributed by atoms with Gasteiger partial charge < -0.3 is 19.9 Å². The topological polar surface area (TPSA) is 70.5 Å². The van der Waals surface area contributed by atoms with E-state index < -0.39 is 0 Å². The number of fused-ring (bicyclic) bond motifs is 2. The van der Waals surface area contributed by atoms with Crippen molar-refractivity contribution in [2.75, 3.05) is 31.6 Å². The average Bonchev–Trinajstić information content (AvgIpc) is 3.28. The summed E-state index contributed by atoms with van der Waals surface area (Å²) in [6, 6.07) is 6.35. The minimum atomic E-state index is 0.715. The molecule has 2 N–H and O–H groups in total. The van der Waals surface area contributed by atoms with Crippen molar-refractivity contribution in [3.8, 4) is 5.75 Å². The minimum Gasteiger partial charge on any atom is -0.492 e. The molecule has 4 heterocycles. The van der Waals surface area contributed by atoms with E-state index in [2.05, 4.69) is 64.3 Å². The highest BCUT2D eigenvalue weighted by Crippen LogP contribution is 2.31. The van der Waals surface area contributed by atoms with E-state index in [9.17, 15) is 0 Å². The molecule has 0 saturated carbocycles. The Bertz CT molecular complexity index is 1230. The van der Waals surface area contributed by atoms with Gasteiger partial charge in [0, 0.05) is 34.4 Å². The predicted molar refractivity (Wildman–Crippen MR) is 129 cm³/mol. The Morgan fingerprint density at radius 3 is 2.78 bits per heavy atom. The third-order valence-electron chi connectivity index (χ3n) is 6.68. The van der Waals surface area contributed by atoms with Crippen LogP contribution in [-0.2, 0) is 0 Å². The number of nitrogens with one attached hydrogen (secondary N) is 2. The number of aromatic nitrogens is 4. The van der Waals surface area contributed by atoms with Crippen LogP contribution >= 0.6 is 0 Å². The molecule has 0 aliphatic carbocycles. The Kier molecular flexibility index (Phi) is 5.74. The molecule has 7 heteroatoms. The van der Waals surface area contributed by atoms with Crippen molar-refractivity contribution in [2.45, 2.75) is 46.5 Å². The monoisotopic (exact) mass is 432 g/mol. The first-order valence-corrected chi connectivity index (χ1v) is 11.6. The van der Waals surface area contributed by atoms with E-state index in [1.165, 1.54) is 49.0 Å². The van der Waals surface area contributed by atoms with E-state index in [0.29, 0.717) is 6.61 Å². The van der Waals surface area contributed by atoms with Crippen LogP contribution in [0.4, 0.5) is 11.5 Å². The quantitative estimate of drug-likeness (QED) is 0.396. The summed E-state index contributed by atoms with van der Waals surface area (Å²) >= 11 is 0. The Morgan fingerprint density at radius 1 is 1.09 bits per heavy atom. The van der Waals surface area contributed by atoms with E-state index in [0.717, 1.165) is 46.8 Å². The van der Waals surface area contributed by atoms with Gasteiger partial charge in [-0.25, -0.2) is 9.50 Å². The molecule has 1 aliphatic rings. The van der Waals surface area contributed by atoms with Crippen molar-refractivity contribution in [3.05, 3.63) is 47.5 Å². The average molecular weight is 433 g/mol. The van der Waals surface area contributed by atoms with Gasteiger partial charge in [-0.1, -0.05) is 6.42 Å². The van der Waals surface area contributed by atoms with Crippen molar-refractivity contribution >= 4 is 27.9 Å². The van der Waals surface area contributed by atoms with Gasteiger partial charge in [-0.05, 0) is 76.9 Å². The number of H-pyrrole nitrogens is 1. The van der Waals surface area contributed by atoms with Gasteiger partial charge >= 0.3 is 0 Å². The molecule has 3 aromatic heterocycles. The summed E-state index contributed by atoms with van der Waals surface area (Å²) in [6.45, 7) is 10.6. The standard InChI is InChI=1S/C25H32N6O/c1-17-19(3)28-22-9-8-20(14-21(17)22)29-25-24-18(2)23(15-31(24)27-16-26-25)32-13-7-12-30-10-5-4-6-11-30/h8-9,14-16,28H,4-7,10-13H2,1-3H3,(H,26,27,29). The molecular formula is C25H32N6O. The molecule has 0 radical (unpaired) electrons. The minimum absolute atomic E-state index is 0.715. The zero-order chi connectivity index (χ0) is 22.1. The second-order valence-corrected chi connectivity index (χ2v) is 8.88. The zero-order valence-electron chi connectivity index (χ0n) is 19.2. The molecule has 0 unspecified atom stereocenters. The molecule has 0 spiro atoms. The van der Waals surface area contributed by atoms with Crippen LogP contribution in [0.3, 0.4) is 0 Å². The second-order valence-electron chi connectivity index (χ2n) is 8.88. The number of aromatic amines is 1. The number of piperidine rings is 1. The summed E-state index contributed by atoms with van der Waals surface area (Å²) < 4.78 is 8.00. The number of likely N-dealkylation sites (tertiary alicyclic amines) is 1. The van der Waals surface area contributed by atoms with Crippen molar-refractivity contribution in [3.63, 3.8) is 0 Å². The number of rotatable bonds is 7. The van der Waals surface area contributed by atoms with Crippen molar-refractivity contribution in [2.24, 2.45) is 0 Å². The van der Waals surface area contributed by atoms with Gasteiger partial charge in [0.1, 0.15) is 17.6 Å². The summed E-state index contributed by atoms with van der Waals surface area (Å²) in [5, 5.41) is 9.12. The summed E-state index contributed by atoms with van der Waals surface area (Å²) in [5.41, 5.74) is 6.63. The number of benzene rings is 1. The lowest BCUT2D eigenvalue weighted by Gasteiger charge is -2.26. The molecular weight excluding hydrogens is 400 g/mol. The molecule has 4 aromatic rings. The molecule has 168 valence electrons. The van der Waals surface area contributed by atoms with E-state index in [1.807, 2.05) is 10.7 Å². The molecule has 1 fully saturated rings. The van der Waals surface area contributed by atoms with Crippen LogP contribution in [-0.4, -0.2) is 50.7 Å². The number of hydrogen-bond donors (Lipinski definition) is 2. The van der Waals surface area contributed by atoms with Gasteiger partial charge in [-0.2, -0.15) is 5.10 Å². The van der Waals surface area contributed by atoms with E-state index >= 15 is 0 Å². The number of hydrogen-bond acceptors (Lipinski definition) is 5. The van der Waals surface area contributed by atoms with E-state index in [-0.39, 0.29) is 0 Å². The van der Waals surface area contributed by atoms with Crippen LogP contribution in [0.25, 0.3) is 16.4 Å². The van der Waals surface area contributed by atoms with Crippen molar-refractivity contribution in [1.29, 1.82) is 0 Å². The van der Waals surface area contributed by atoms with Crippen molar-refractivity contribution in [1.82, 2.24) is 24.5 Å². The maximum atomic E-state index is 6.15. The highest BCUT2D eigenvalue weighted by atomic mass is 16.5. The largest absolute Gasteiger partial charge is 0.492 e. The number of aryl methyl sites for hydroxylation is 3. The zero-order valence-corrected chi connectivity index (χ0v) is 19.2. The highest BCUT2D eigenvalue weighted by molar-refractivity contribution is 5.89. The van der Waals surface area contributed by atoms with Crippen LogP contribution in [0.15, 0.2) is 30.7 Å². The molecule has 0 amide bonds. The van der Waals surface area contributed by atoms with Gasteiger partial charge in [0.05, 0.1) is 12.8 Å². The lowest BCUT2D eigenvalue weighted by Crippen LogP contribution is -2.31. The molecule has 0 atom stereocenters. The fourth-order valence-corrected chi connectivity index (χ4v) is 4.70. The number of anilines is 2. The molecule has 1 saturated heterocycles. The third-order valence-corrected chi connectivity index (χ3v) is 6.68. The molecule has 1 aromatic carbocycles. The Labute approximate surface area is 188 Å². The lowest BCUT2D eigenvalue weighted by molar-refractivity contribution is 0.204. The predicted octanol–water partition coefficient (Wildman–Crippen LogP) is 5.13. The first kappa shape index (κ1) is 20.8. The van der Waals surface area contributed by atoms with Gasteiger partial charge in [-0.15, -0.1) is 0 Å². The second kappa shape index (κ2) is 8.82. The molecule has 5 rings (SSSR count). The SMILES string of the molecule is Cc1[nH]c2ccc(Nc3ncnn4cc(OCCCN5CCCCC5)c(C)c34)cc2c1C. The van der Waals surface area contributed by atoms with E-state index in [1.54, 1.807) is 6.33 Å². The van der Waals surface area contributed by atoms with Gasteiger partial charge in [0.2, 0.25) is 0 Å². The summed E-state index contributed by atoms with van der Waals surface area (Å²) in [7, 11) is 0. The van der Waals surface area contributed by atoms with Gasteiger partial charge in [0.15, 0.2) is 5.82 Å². The number of nitrogens with zero attached hydrogens (tertiary/aromatic N) is 4. The van der Waals surface area contributed by atoms with Crippen LogP contribution in [0.5, 0.6) is 5.75 Å². The summed E-state index contributed by atoms with van der Waals surface area (Å²) in [6.07, 6.45) is 8.61. The van der Waals surface area contributed by atoms with E-state index in [4.69, 9.17) is 4.74 Å². The molecule has 0 bridgehead atoms. The number of ether oxygens (including phenoxy) is 1. The highest BCUT2D eigenvalue weighted by Gasteiger charge is 2.15. The summed E-state index contributed by atoms with van der Waals surface area (Å²) in [5.74, 6) is 1.66. The van der Waals surface area contributed by atoms with Crippen LogP contribution in [0, 0.1) is 20.8 Å². The fraction of sp³-hybridized carbons (Fsp3) is 0.440. The third kappa shape index (κ3) is 4.05. The lowest BCUT2D eigenvalue weighted by atomic mass is 10.1. The fourth-order valence-electron chi connectivity index (χ4n) is 4.70. The maximum absolute atomic E-state index is 6.15. The summed E-state index contributed by atoms with van der Waals surface area (Å²) in [4.78, 5) is 10.5. The smallest absolute Gasteiger partial charge is 0.158 e. The Morgan fingerprint density at radius 2 is 1.94 bits per heavy atom. The van der Waals surface area contributed by atoms with Crippen molar-refractivity contribution < 1.29 is 4.74 Å². The first-order valence-electron chi connectivity index (χ1n) is 11.6. The maximum Gasteiger partial charge on any atom is 0.158 e. The molecule has 7 nitrogen and oxygen atoms in total. The molecule has 32 heavy (non-hydrogen) atoms. The van der Waals surface area contributed by atoms with Gasteiger partial charge in [0.25, 0.3) is 0 Å².